The summed E-state index contributed by atoms with van der Waals surface area (Å²) < 4.78 is 13.0. The maximum Gasteiger partial charge on any atom is 0.251 e. The Labute approximate surface area is 141 Å². The van der Waals surface area contributed by atoms with Crippen LogP contribution in [0.25, 0.3) is 0 Å². The highest BCUT2D eigenvalue weighted by Crippen LogP contribution is 2.15. The van der Waals surface area contributed by atoms with Gasteiger partial charge in [0.2, 0.25) is 5.91 Å². The first-order valence-electron chi connectivity index (χ1n) is 7.77. The average Bonchev–Trinajstić information content (AvgIpc) is 2.54. The monoisotopic (exact) mass is 328 g/mol. The Balaban J connectivity index is 1.97. The molecule has 2 aromatic carbocycles. The van der Waals surface area contributed by atoms with Gasteiger partial charge >= 0.3 is 0 Å². The highest BCUT2D eigenvalue weighted by molar-refractivity contribution is 5.95. The number of nitrogens with one attached hydrogen (secondary N) is 1. The minimum absolute atomic E-state index is 0.165. The molecular formula is C19H21FN2O2. The number of rotatable bonds is 5. The van der Waals surface area contributed by atoms with Crippen molar-refractivity contribution < 1.29 is 14.0 Å². The van der Waals surface area contributed by atoms with Crippen molar-refractivity contribution in [3.8, 4) is 0 Å². The van der Waals surface area contributed by atoms with Gasteiger partial charge in [-0.05, 0) is 61.4 Å². The largest absolute Gasteiger partial charge is 0.350 e. The average molecular weight is 328 g/mol. The Kier molecular flexibility index (Phi) is 5.68. The molecule has 0 aromatic heterocycles. The molecule has 0 aliphatic heterocycles. The van der Waals surface area contributed by atoms with Gasteiger partial charge in [-0.3, -0.25) is 9.59 Å². The molecule has 0 saturated heterocycles. The fraction of sp³-hybridized carbons (Fsp3) is 0.263. The highest BCUT2D eigenvalue weighted by Gasteiger charge is 2.12. The zero-order chi connectivity index (χ0) is 17.7. The third kappa shape index (κ3) is 4.41. The van der Waals surface area contributed by atoms with Gasteiger partial charge in [0.05, 0.1) is 0 Å². The number of carbonyl (C=O) groups is 2. The summed E-state index contributed by atoms with van der Waals surface area (Å²) in [5, 5.41) is 2.81. The van der Waals surface area contributed by atoms with E-state index in [4.69, 9.17) is 0 Å². The Morgan fingerprint density at radius 2 is 1.71 bits per heavy atom. The first-order valence-corrected chi connectivity index (χ1v) is 7.77. The van der Waals surface area contributed by atoms with Crippen molar-refractivity contribution in [1.82, 2.24) is 5.32 Å². The van der Waals surface area contributed by atoms with Crippen molar-refractivity contribution in [1.29, 1.82) is 0 Å². The van der Waals surface area contributed by atoms with Crippen LogP contribution in [0.1, 0.15) is 28.4 Å². The van der Waals surface area contributed by atoms with Crippen molar-refractivity contribution in [3.05, 3.63) is 65.0 Å². The summed E-state index contributed by atoms with van der Waals surface area (Å²) in [6.07, 6.45) is 0. The predicted octanol–water partition coefficient (Wildman–Crippen LogP) is 3.23. The van der Waals surface area contributed by atoms with Crippen LogP contribution in [0, 0.1) is 19.7 Å². The fourth-order valence-corrected chi connectivity index (χ4v) is 2.36. The van der Waals surface area contributed by atoms with E-state index in [0.717, 1.165) is 11.1 Å². The molecule has 0 aliphatic carbocycles. The van der Waals surface area contributed by atoms with Crippen molar-refractivity contribution >= 4 is 17.5 Å². The SMILES string of the molecule is CC(=O)N(CCNC(=O)c1ccc(C)c(C)c1)c1ccc(F)cc1. The molecule has 0 radical (unpaired) electrons. The van der Waals surface area contributed by atoms with Gasteiger partial charge in [0.1, 0.15) is 5.82 Å². The number of anilines is 1. The van der Waals surface area contributed by atoms with Crippen molar-refractivity contribution in [3.63, 3.8) is 0 Å². The second-order valence-electron chi connectivity index (χ2n) is 5.70. The summed E-state index contributed by atoms with van der Waals surface area (Å²) in [6, 6.07) is 11.2. The quantitative estimate of drug-likeness (QED) is 0.916. The summed E-state index contributed by atoms with van der Waals surface area (Å²) in [7, 11) is 0. The number of hydrogen-bond acceptors (Lipinski definition) is 2. The van der Waals surface area contributed by atoms with Crippen LogP contribution >= 0.6 is 0 Å². The zero-order valence-electron chi connectivity index (χ0n) is 14.1. The molecule has 0 aliphatic rings. The summed E-state index contributed by atoms with van der Waals surface area (Å²) in [4.78, 5) is 25.5. The molecule has 0 saturated carbocycles. The van der Waals surface area contributed by atoms with E-state index in [0.29, 0.717) is 24.3 Å². The van der Waals surface area contributed by atoms with Crippen LogP contribution in [0.3, 0.4) is 0 Å². The van der Waals surface area contributed by atoms with Gasteiger partial charge in [-0.25, -0.2) is 4.39 Å². The van der Waals surface area contributed by atoms with E-state index in [-0.39, 0.29) is 17.6 Å². The van der Waals surface area contributed by atoms with Crippen LogP contribution < -0.4 is 10.2 Å². The van der Waals surface area contributed by atoms with Gasteiger partial charge in [0.15, 0.2) is 0 Å². The third-order valence-electron chi connectivity index (χ3n) is 3.91. The van der Waals surface area contributed by atoms with Gasteiger partial charge in [-0.1, -0.05) is 6.07 Å². The van der Waals surface area contributed by atoms with E-state index in [1.165, 1.54) is 24.0 Å². The van der Waals surface area contributed by atoms with Gasteiger partial charge in [-0.2, -0.15) is 0 Å². The molecule has 0 spiro atoms. The van der Waals surface area contributed by atoms with Gasteiger partial charge in [0.25, 0.3) is 5.91 Å². The molecular weight excluding hydrogens is 307 g/mol. The molecule has 0 atom stereocenters. The summed E-state index contributed by atoms with van der Waals surface area (Å²) in [5.41, 5.74) is 3.38. The lowest BCUT2D eigenvalue weighted by atomic mass is 10.1. The van der Waals surface area contributed by atoms with Crippen LogP contribution in [0.2, 0.25) is 0 Å². The summed E-state index contributed by atoms with van der Waals surface area (Å²) in [5.74, 6) is -0.701. The van der Waals surface area contributed by atoms with Gasteiger partial charge in [-0.15, -0.1) is 0 Å². The van der Waals surface area contributed by atoms with Crippen LogP contribution in [0.4, 0.5) is 10.1 Å². The maximum atomic E-state index is 13.0. The molecule has 126 valence electrons. The molecule has 0 unspecified atom stereocenters. The van der Waals surface area contributed by atoms with Crippen LogP contribution in [-0.4, -0.2) is 24.9 Å². The number of aryl methyl sites for hydroxylation is 2. The van der Waals surface area contributed by atoms with Crippen LogP contribution in [0.15, 0.2) is 42.5 Å². The number of carbonyl (C=O) groups excluding carboxylic acids is 2. The van der Waals surface area contributed by atoms with Crippen LogP contribution in [-0.2, 0) is 4.79 Å². The van der Waals surface area contributed by atoms with E-state index in [1.54, 1.807) is 18.2 Å². The second kappa shape index (κ2) is 7.73. The number of halogens is 1. The molecule has 1 N–H and O–H groups in total. The second-order valence-corrected chi connectivity index (χ2v) is 5.70. The molecule has 24 heavy (non-hydrogen) atoms. The summed E-state index contributed by atoms with van der Waals surface area (Å²) in [6.45, 7) is 6.01. The molecule has 4 nitrogen and oxygen atoms in total. The fourth-order valence-electron chi connectivity index (χ4n) is 2.36. The predicted molar refractivity (Wildman–Crippen MR) is 92.7 cm³/mol. The number of amides is 2. The Morgan fingerprint density at radius 3 is 2.29 bits per heavy atom. The highest BCUT2D eigenvalue weighted by atomic mass is 19.1. The van der Waals surface area contributed by atoms with E-state index in [2.05, 4.69) is 5.32 Å². The van der Waals surface area contributed by atoms with E-state index >= 15 is 0 Å². The molecule has 5 heteroatoms. The smallest absolute Gasteiger partial charge is 0.251 e. The maximum absolute atomic E-state index is 13.0. The van der Waals surface area contributed by atoms with Crippen molar-refractivity contribution in [2.75, 3.05) is 18.0 Å². The first-order chi connectivity index (χ1) is 11.4. The normalized spacial score (nSPS) is 10.3. The number of benzene rings is 2. The number of nitrogens with zero attached hydrogens (tertiary/aromatic N) is 1. The standard InChI is InChI=1S/C19H21FN2O2/c1-13-4-5-16(12-14(13)2)19(24)21-10-11-22(15(3)23)18-8-6-17(20)7-9-18/h4-9,12H,10-11H2,1-3H3,(H,21,24). The van der Waals surface area contributed by atoms with Gasteiger partial charge in [0, 0.05) is 31.3 Å². The lowest BCUT2D eigenvalue weighted by Gasteiger charge is -2.21. The van der Waals surface area contributed by atoms with Crippen molar-refractivity contribution in [2.24, 2.45) is 0 Å². The Morgan fingerprint density at radius 1 is 1.04 bits per heavy atom. The number of hydrogen-bond donors (Lipinski definition) is 1. The zero-order valence-corrected chi connectivity index (χ0v) is 14.1. The molecule has 2 amide bonds. The van der Waals surface area contributed by atoms with E-state index in [1.807, 2.05) is 26.0 Å². The summed E-state index contributed by atoms with van der Waals surface area (Å²) >= 11 is 0. The topological polar surface area (TPSA) is 49.4 Å². The molecule has 2 aromatic rings. The van der Waals surface area contributed by atoms with Gasteiger partial charge < -0.3 is 10.2 Å². The molecule has 2 rings (SSSR count). The van der Waals surface area contributed by atoms with Crippen molar-refractivity contribution in [2.45, 2.75) is 20.8 Å². The molecule has 0 fully saturated rings. The first kappa shape index (κ1) is 17.7. The van der Waals surface area contributed by atoms with E-state index < -0.39 is 0 Å². The minimum Gasteiger partial charge on any atom is -0.350 e. The molecule has 0 heterocycles. The Hall–Kier alpha value is -2.69. The molecule has 0 bridgehead atoms. The third-order valence-corrected chi connectivity index (χ3v) is 3.91. The van der Waals surface area contributed by atoms with Crippen LogP contribution in [0.5, 0.6) is 0 Å². The van der Waals surface area contributed by atoms with E-state index in [9.17, 15) is 14.0 Å². The minimum atomic E-state index is -0.356. The lowest BCUT2D eigenvalue weighted by Crippen LogP contribution is -2.37. The Bertz CT molecular complexity index is 742. The lowest BCUT2D eigenvalue weighted by molar-refractivity contribution is -0.116.